The number of anilines is 1. The molecule has 3 radical (unpaired) electrons. The van der Waals surface area contributed by atoms with Gasteiger partial charge in [0.05, 0.1) is 0 Å². The van der Waals surface area contributed by atoms with Gasteiger partial charge in [-0.15, -0.1) is 0 Å². The van der Waals surface area contributed by atoms with Crippen LogP contribution in [0.3, 0.4) is 0 Å². The molecule has 0 bridgehead atoms. The number of hydrogen-bond acceptors (Lipinski definition) is 3. The van der Waals surface area contributed by atoms with Crippen molar-refractivity contribution in [3.63, 3.8) is 0 Å². The fraction of sp³-hybridized carbons (Fsp3) is 0.200. The molecule has 0 fully saturated rings. The minimum atomic E-state index is 0.585. The normalized spacial score (nSPS) is 12.8. The van der Waals surface area contributed by atoms with Crippen LogP contribution >= 0.6 is 0 Å². The lowest BCUT2D eigenvalue weighted by Gasteiger charge is -2.26. The van der Waals surface area contributed by atoms with Crippen LogP contribution in [0.1, 0.15) is 5.56 Å². The number of hydrogen-bond donors (Lipinski definition) is 0. The van der Waals surface area contributed by atoms with Gasteiger partial charge >= 0.3 is 0 Å². The van der Waals surface area contributed by atoms with Crippen molar-refractivity contribution in [3.05, 3.63) is 54.1 Å². The molecule has 0 atom stereocenters. The van der Waals surface area contributed by atoms with Crippen LogP contribution in [0.2, 0.25) is 0 Å². The summed E-state index contributed by atoms with van der Waals surface area (Å²) in [5.74, 6) is 1.56. The minimum Gasteiger partial charge on any atom is -0.486 e. The van der Waals surface area contributed by atoms with Gasteiger partial charge in [0.2, 0.25) is 0 Å². The molecule has 0 aromatic heterocycles. The van der Waals surface area contributed by atoms with Gasteiger partial charge in [-0.25, -0.2) is 0 Å². The zero-order chi connectivity index (χ0) is 13.8. The molecule has 0 saturated heterocycles. The zero-order valence-electron chi connectivity index (χ0n) is 11.2. The third kappa shape index (κ3) is 2.77. The maximum Gasteiger partial charge on any atom is 0.184 e. The lowest BCUT2D eigenvalue weighted by atomic mass is 9.64. The first kappa shape index (κ1) is 13.0. The molecule has 20 heavy (non-hydrogen) atoms. The third-order valence-corrected chi connectivity index (χ3v) is 3.23. The monoisotopic (exact) mass is 262 g/mol. The molecule has 0 spiro atoms. The summed E-state index contributed by atoms with van der Waals surface area (Å²) in [4.78, 5) is 1.98. The highest BCUT2D eigenvalue weighted by Crippen LogP contribution is 2.34. The molecule has 97 valence electrons. The van der Waals surface area contributed by atoms with Gasteiger partial charge < -0.3 is 14.3 Å². The van der Waals surface area contributed by atoms with E-state index in [0.717, 1.165) is 23.7 Å². The Morgan fingerprint density at radius 3 is 2.50 bits per heavy atom. The van der Waals surface area contributed by atoms with E-state index in [1.165, 1.54) is 5.56 Å². The second-order valence-electron chi connectivity index (χ2n) is 4.59. The van der Waals surface area contributed by atoms with E-state index in [1.54, 1.807) is 7.31 Å². The highest BCUT2D eigenvalue weighted by molar-refractivity contribution is 6.91. The predicted octanol–water partition coefficient (Wildman–Crippen LogP) is 2.17. The standard InChI is InChI=1S/C15H14B2NO2/c16-17-18(11-12-4-2-1-3-5-12)13-6-7-14-15(10-13)20-9-8-19-14/h1-7,10H,8-9,11H2. The van der Waals surface area contributed by atoms with Gasteiger partial charge in [0.1, 0.15) is 13.2 Å². The maximum absolute atomic E-state index is 5.76. The lowest BCUT2D eigenvalue weighted by molar-refractivity contribution is 0.171. The molecular weight excluding hydrogens is 248 g/mol. The van der Waals surface area contributed by atoms with Gasteiger partial charge in [-0.3, -0.25) is 0 Å². The average Bonchev–Trinajstić information content (AvgIpc) is 2.53. The van der Waals surface area contributed by atoms with E-state index in [4.69, 9.17) is 17.2 Å². The smallest absolute Gasteiger partial charge is 0.184 e. The van der Waals surface area contributed by atoms with Crippen LogP contribution < -0.4 is 14.3 Å². The Hall–Kier alpha value is -2.03. The fourth-order valence-electron chi connectivity index (χ4n) is 2.22. The van der Waals surface area contributed by atoms with Crippen molar-refractivity contribution in [2.45, 2.75) is 6.54 Å². The molecule has 5 heteroatoms. The van der Waals surface area contributed by atoms with Gasteiger partial charge in [0.15, 0.2) is 18.8 Å². The van der Waals surface area contributed by atoms with E-state index < -0.39 is 0 Å². The molecule has 3 nitrogen and oxygen atoms in total. The van der Waals surface area contributed by atoms with E-state index in [2.05, 4.69) is 12.1 Å². The Kier molecular flexibility index (Phi) is 3.86. The van der Waals surface area contributed by atoms with Crippen molar-refractivity contribution in [2.75, 3.05) is 18.0 Å². The number of nitrogens with zero attached hydrogens (tertiary/aromatic N) is 1. The van der Waals surface area contributed by atoms with Crippen LogP contribution in [0.15, 0.2) is 48.5 Å². The molecule has 2 aromatic rings. The fourth-order valence-corrected chi connectivity index (χ4v) is 2.22. The van der Waals surface area contributed by atoms with Crippen LogP contribution in [-0.2, 0) is 6.54 Å². The SMILES string of the molecule is [B][B]N(Cc1ccccc1)c1ccc2c(c1)OCCO2. The highest BCUT2D eigenvalue weighted by Gasteiger charge is 2.14. The minimum absolute atomic E-state index is 0.585. The summed E-state index contributed by atoms with van der Waals surface area (Å²) in [6.45, 7) is 1.90. The van der Waals surface area contributed by atoms with Gasteiger partial charge in [-0.1, -0.05) is 30.3 Å². The summed E-state index contributed by atoms with van der Waals surface area (Å²) in [5.41, 5.74) is 2.18. The van der Waals surface area contributed by atoms with Crippen LogP contribution in [0, 0.1) is 0 Å². The zero-order valence-corrected chi connectivity index (χ0v) is 11.2. The maximum atomic E-state index is 5.76. The Morgan fingerprint density at radius 2 is 1.75 bits per heavy atom. The Bertz CT molecular complexity index is 577. The Labute approximate surface area is 121 Å². The molecule has 3 rings (SSSR count). The summed E-state index contributed by atoms with van der Waals surface area (Å²) >= 11 is 0. The molecule has 0 N–H and O–H groups in total. The highest BCUT2D eigenvalue weighted by atomic mass is 16.6. The van der Waals surface area contributed by atoms with Gasteiger partial charge in [-0.2, -0.15) is 0 Å². The van der Waals surface area contributed by atoms with Crippen molar-refractivity contribution < 1.29 is 9.47 Å². The Balaban J connectivity index is 1.82. The van der Waals surface area contributed by atoms with Crippen LogP contribution in [-0.4, -0.2) is 28.3 Å². The molecule has 2 aromatic carbocycles. The van der Waals surface area contributed by atoms with Gasteiger partial charge in [0, 0.05) is 26.0 Å². The topological polar surface area (TPSA) is 21.7 Å². The largest absolute Gasteiger partial charge is 0.486 e. The lowest BCUT2D eigenvalue weighted by Crippen LogP contribution is -2.27. The molecule has 0 saturated carbocycles. The van der Waals surface area contributed by atoms with Crippen molar-refractivity contribution in [3.8, 4) is 11.5 Å². The summed E-state index contributed by atoms with van der Waals surface area (Å²) in [5, 5.41) is 0. The molecule has 0 aliphatic carbocycles. The van der Waals surface area contributed by atoms with Crippen molar-refractivity contribution in [1.29, 1.82) is 0 Å². The first-order chi connectivity index (χ1) is 9.86. The van der Waals surface area contributed by atoms with E-state index >= 15 is 0 Å². The van der Waals surface area contributed by atoms with E-state index in [1.807, 2.05) is 41.2 Å². The number of benzene rings is 2. The van der Waals surface area contributed by atoms with Crippen molar-refractivity contribution in [2.24, 2.45) is 0 Å². The first-order valence-electron chi connectivity index (χ1n) is 6.62. The van der Waals surface area contributed by atoms with E-state index in [-0.39, 0.29) is 0 Å². The van der Waals surface area contributed by atoms with Gasteiger partial charge in [0.25, 0.3) is 0 Å². The second-order valence-corrected chi connectivity index (χ2v) is 4.59. The van der Waals surface area contributed by atoms with E-state index in [9.17, 15) is 0 Å². The molecular formula is C15H14B2NO2. The third-order valence-electron chi connectivity index (χ3n) is 3.23. The van der Waals surface area contributed by atoms with Crippen LogP contribution in [0.4, 0.5) is 5.69 Å². The summed E-state index contributed by atoms with van der Waals surface area (Å²) in [6, 6.07) is 16.1. The second kappa shape index (κ2) is 5.95. The number of fused-ring (bicyclic) bond motifs is 1. The quantitative estimate of drug-likeness (QED) is 0.788. The van der Waals surface area contributed by atoms with E-state index in [0.29, 0.717) is 13.2 Å². The Morgan fingerprint density at radius 1 is 1.00 bits per heavy atom. The molecule has 1 aliphatic heterocycles. The molecule has 1 aliphatic rings. The summed E-state index contributed by atoms with van der Waals surface area (Å²) in [6.07, 6.45) is 0. The number of ether oxygens (including phenoxy) is 2. The average molecular weight is 262 g/mol. The number of rotatable bonds is 4. The van der Waals surface area contributed by atoms with Crippen LogP contribution in [0.5, 0.6) is 11.5 Å². The van der Waals surface area contributed by atoms with Crippen molar-refractivity contribution in [1.82, 2.24) is 0 Å². The molecule has 0 unspecified atom stereocenters. The van der Waals surface area contributed by atoms with Crippen molar-refractivity contribution >= 4 is 20.7 Å². The molecule has 0 amide bonds. The van der Waals surface area contributed by atoms with Crippen LogP contribution in [0.25, 0.3) is 0 Å². The summed E-state index contributed by atoms with van der Waals surface area (Å²) < 4.78 is 11.1. The summed E-state index contributed by atoms with van der Waals surface area (Å²) in [7, 11) is 7.34. The molecule has 1 heterocycles. The van der Waals surface area contributed by atoms with Gasteiger partial charge in [-0.05, 0) is 17.7 Å². The predicted molar refractivity (Wildman–Crippen MR) is 81.6 cm³/mol. The first-order valence-corrected chi connectivity index (χ1v) is 6.62.